The highest BCUT2D eigenvalue weighted by molar-refractivity contribution is 7.90. The number of benzene rings is 2. The van der Waals surface area contributed by atoms with Crippen LogP contribution in [-0.4, -0.2) is 31.5 Å². The van der Waals surface area contributed by atoms with Gasteiger partial charge in [-0.3, -0.25) is 4.79 Å². The Bertz CT molecular complexity index is 800. The Labute approximate surface area is 144 Å². The molecule has 0 fully saturated rings. The number of amides is 1. The number of rotatable bonds is 6. The lowest BCUT2D eigenvalue weighted by Crippen LogP contribution is -2.37. The molecule has 0 aliphatic heterocycles. The first-order valence-electron chi connectivity index (χ1n) is 7.98. The van der Waals surface area contributed by atoms with Gasteiger partial charge in [0.25, 0.3) is 5.91 Å². The number of carbonyl (C=O) groups is 1. The van der Waals surface area contributed by atoms with Crippen LogP contribution in [0.25, 0.3) is 0 Å². The molecule has 2 rings (SSSR count). The number of carbonyl (C=O) groups excluding carboxylic acids is 1. The molecule has 0 aliphatic carbocycles. The van der Waals surface area contributed by atoms with Gasteiger partial charge in [0.2, 0.25) is 0 Å². The molecule has 0 aliphatic rings. The molecule has 0 saturated heterocycles. The van der Waals surface area contributed by atoms with E-state index in [1.807, 2.05) is 44.2 Å². The fraction of sp³-hybridized carbons (Fsp3) is 0.316. The molecule has 0 radical (unpaired) electrons. The fourth-order valence-corrected chi connectivity index (χ4v) is 3.12. The Hall–Kier alpha value is -2.14. The lowest BCUT2D eigenvalue weighted by molar-refractivity contribution is 0.0671. The molecule has 0 aromatic heterocycles. The minimum absolute atomic E-state index is 0.0552. The lowest BCUT2D eigenvalue weighted by atomic mass is 10.1. The van der Waals surface area contributed by atoms with Crippen LogP contribution in [0.4, 0.5) is 0 Å². The molecule has 0 spiro atoms. The summed E-state index contributed by atoms with van der Waals surface area (Å²) in [6.07, 6.45) is 1.97. The quantitative estimate of drug-likeness (QED) is 0.805. The van der Waals surface area contributed by atoms with E-state index in [4.69, 9.17) is 0 Å². The van der Waals surface area contributed by atoms with Gasteiger partial charge in [-0.2, -0.15) is 0 Å². The topological polar surface area (TPSA) is 54.5 Å². The van der Waals surface area contributed by atoms with Gasteiger partial charge in [-0.25, -0.2) is 8.42 Å². The molecule has 5 heteroatoms. The Kier molecular flexibility index (Phi) is 5.78. The molecule has 1 amide bonds. The van der Waals surface area contributed by atoms with Crippen LogP contribution < -0.4 is 0 Å². The SMILES string of the molecule is CCC(C)N(Cc1ccccc1)C(=O)c1cccc(S(C)(=O)=O)c1. The molecule has 0 N–H and O–H groups in total. The molecular weight excluding hydrogens is 322 g/mol. The molecule has 2 aromatic rings. The average molecular weight is 345 g/mol. The first-order chi connectivity index (χ1) is 11.3. The van der Waals surface area contributed by atoms with Crippen LogP contribution in [-0.2, 0) is 16.4 Å². The van der Waals surface area contributed by atoms with E-state index in [0.29, 0.717) is 12.1 Å². The molecule has 128 valence electrons. The summed E-state index contributed by atoms with van der Waals surface area (Å²) in [5.74, 6) is -0.154. The summed E-state index contributed by atoms with van der Waals surface area (Å²) in [7, 11) is -3.34. The lowest BCUT2D eigenvalue weighted by Gasteiger charge is -2.29. The summed E-state index contributed by atoms with van der Waals surface area (Å²) in [6, 6.07) is 16.1. The highest BCUT2D eigenvalue weighted by Crippen LogP contribution is 2.18. The molecule has 0 bridgehead atoms. The van der Waals surface area contributed by atoms with Gasteiger partial charge in [-0.1, -0.05) is 43.3 Å². The second-order valence-electron chi connectivity index (χ2n) is 5.98. The Balaban J connectivity index is 2.34. The van der Waals surface area contributed by atoms with Crippen molar-refractivity contribution in [1.82, 2.24) is 4.90 Å². The third-order valence-corrected chi connectivity index (χ3v) is 5.20. The minimum atomic E-state index is -3.34. The summed E-state index contributed by atoms with van der Waals surface area (Å²) in [5.41, 5.74) is 1.44. The van der Waals surface area contributed by atoms with E-state index in [1.165, 1.54) is 12.1 Å². The largest absolute Gasteiger partial charge is 0.332 e. The smallest absolute Gasteiger partial charge is 0.254 e. The van der Waals surface area contributed by atoms with E-state index in [-0.39, 0.29) is 16.8 Å². The van der Waals surface area contributed by atoms with Crippen molar-refractivity contribution in [3.8, 4) is 0 Å². The standard InChI is InChI=1S/C19H23NO3S/c1-4-15(2)20(14-16-9-6-5-7-10-16)19(21)17-11-8-12-18(13-17)24(3,22)23/h5-13,15H,4,14H2,1-3H3. The third-order valence-electron chi connectivity index (χ3n) is 4.09. The molecular formula is C19H23NO3S. The van der Waals surface area contributed by atoms with Crippen LogP contribution in [0.15, 0.2) is 59.5 Å². The molecule has 1 unspecified atom stereocenters. The fourth-order valence-electron chi connectivity index (χ4n) is 2.45. The van der Waals surface area contributed by atoms with Crippen LogP contribution >= 0.6 is 0 Å². The van der Waals surface area contributed by atoms with Gasteiger partial charge in [0.05, 0.1) is 4.90 Å². The van der Waals surface area contributed by atoms with E-state index >= 15 is 0 Å². The Morgan fingerprint density at radius 1 is 1.08 bits per heavy atom. The number of hydrogen-bond donors (Lipinski definition) is 0. The normalized spacial score (nSPS) is 12.6. The molecule has 1 atom stereocenters. The first-order valence-corrected chi connectivity index (χ1v) is 9.87. The van der Waals surface area contributed by atoms with Gasteiger partial charge in [-0.05, 0) is 37.1 Å². The van der Waals surface area contributed by atoms with Gasteiger partial charge in [-0.15, -0.1) is 0 Å². The summed E-state index contributed by atoms with van der Waals surface area (Å²) in [5, 5.41) is 0. The number of nitrogens with zero attached hydrogens (tertiary/aromatic N) is 1. The van der Waals surface area contributed by atoms with Crippen molar-refractivity contribution in [2.45, 2.75) is 37.8 Å². The van der Waals surface area contributed by atoms with Crippen molar-refractivity contribution in [3.05, 3.63) is 65.7 Å². The van der Waals surface area contributed by atoms with Gasteiger partial charge in [0, 0.05) is 24.4 Å². The highest BCUT2D eigenvalue weighted by atomic mass is 32.2. The summed E-state index contributed by atoms with van der Waals surface area (Å²) in [4.78, 5) is 14.9. The second-order valence-corrected chi connectivity index (χ2v) is 7.99. The zero-order valence-corrected chi connectivity index (χ0v) is 15.1. The van der Waals surface area contributed by atoms with Crippen molar-refractivity contribution >= 4 is 15.7 Å². The predicted molar refractivity (Wildman–Crippen MR) is 95.6 cm³/mol. The van der Waals surface area contributed by atoms with Gasteiger partial charge < -0.3 is 4.90 Å². The zero-order valence-electron chi connectivity index (χ0n) is 14.3. The molecule has 24 heavy (non-hydrogen) atoms. The zero-order chi connectivity index (χ0) is 17.7. The maximum absolute atomic E-state index is 13.0. The molecule has 0 heterocycles. The van der Waals surface area contributed by atoms with Crippen LogP contribution in [0.5, 0.6) is 0 Å². The summed E-state index contributed by atoms with van der Waals surface area (Å²) < 4.78 is 23.5. The predicted octanol–water partition coefficient (Wildman–Crippen LogP) is 3.53. The van der Waals surface area contributed by atoms with Gasteiger partial charge in [0.1, 0.15) is 0 Å². The first kappa shape index (κ1) is 18.2. The van der Waals surface area contributed by atoms with Crippen molar-refractivity contribution in [3.63, 3.8) is 0 Å². The second kappa shape index (κ2) is 7.62. The van der Waals surface area contributed by atoms with E-state index in [1.54, 1.807) is 17.0 Å². The van der Waals surface area contributed by atoms with Crippen LogP contribution in [0.1, 0.15) is 36.2 Å². The third kappa shape index (κ3) is 4.45. The van der Waals surface area contributed by atoms with Crippen molar-refractivity contribution in [2.75, 3.05) is 6.26 Å². The average Bonchev–Trinajstić information content (AvgIpc) is 2.58. The molecule has 0 saturated carbocycles. The van der Waals surface area contributed by atoms with Crippen LogP contribution in [0.3, 0.4) is 0 Å². The molecule has 4 nitrogen and oxygen atoms in total. The monoisotopic (exact) mass is 345 g/mol. The van der Waals surface area contributed by atoms with E-state index in [0.717, 1.165) is 18.2 Å². The van der Waals surface area contributed by atoms with E-state index in [9.17, 15) is 13.2 Å². The summed E-state index contributed by atoms with van der Waals surface area (Å²) in [6.45, 7) is 4.53. The molecule has 2 aromatic carbocycles. The Morgan fingerprint density at radius 3 is 2.33 bits per heavy atom. The van der Waals surface area contributed by atoms with Crippen molar-refractivity contribution in [1.29, 1.82) is 0 Å². The van der Waals surface area contributed by atoms with E-state index in [2.05, 4.69) is 0 Å². The van der Waals surface area contributed by atoms with E-state index < -0.39 is 9.84 Å². The van der Waals surface area contributed by atoms with Crippen molar-refractivity contribution < 1.29 is 13.2 Å². The minimum Gasteiger partial charge on any atom is -0.332 e. The maximum Gasteiger partial charge on any atom is 0.254 e. The Morgan fingerprint density at radius 2 is 1.75 bits per heavy atom. The number of sulfone groups is 1. The van der Waals surface area contributed by atoms with Crippen LogP contribution in [0.2, 0.25) is 0 Å². The summed E-state index contributed by atoms with van der Waals surface area (Å²) >= 11 is 0. The number of hydrogen-bond acceptors (Lipinski definition) is 3. The maximum atomic E-state index is 13.0. The highest BCUT2D eigenvalue weighted by Gasteiger charge is 2.22. The van der Waals surface area contributed by atoms with Crippen LogP contribution in [0, 0.1) is 0 Å². The van der Waals surface area contributed by atoms with Gasteiger partial charge >= 0.3 is 0 Å². The van der Waals surface area contributed by atoms with Crippen molar-refractivity contribution in [2.24, 2.45) is 0 Å². The van der Waals surface area contributed by atoms with Gasteiger partial charge in [0.15, 0.2) is 9.84 Å².